The number of carbonyl (C=O) groups is 1. The van der Waals surface area contributed by atoms with E-state index in [2.05, 4.69) is 16.0 Å². The number of pyridine rings is 1. The fourth-order valence-corrected chi connectivity index (χ4v) is 2.47. The largest absolute Gasteiger partial charge is 0.353 e. The summed E-state index contributed by atoms with van der Waals surface area (Å²) in [4.78, 5) is 20.0. The van der Waals surface area contributed by atoms with Gasteiger partial charge in [-0.1, -0.05) is 6.07 Å². The van der Waals surface area contributed by atoms with Gasteiger partial charge in [0.15, 0.2) is 0 Å². The van der Waals surface area contributed by atoms with E-state index in [4.69, 9.17) is 5.73 Å². The number of nitrogens with zero attached hydrogens (tertiary/aromatic N) is 3. The highest BCUT2D eigenvalue weighted by Gasteiger charge is 2.20. The van der Waals surface area contributed by atoms with Gasteiger partial charge in [0.1, 0.15) is 5.82 Å². The topological polar surface area (TPSA) is 62.5 Å². The summed E-state index contributed by atoms with van der Waals surface area (Å²) in [7, 11) is 0. The third kappa shape index (κ3) is 3.04. The molecule has 2 rings (SSSR count). The van der Waals surface area contributed by atoms with Crippen molar-refractivity contribution in [2.24, 2.45) is 5.73 Å². The molecule has 2 heterocycles. The molecule has 104 valence electrons. The summed E-state index contributed by atoms with van der Waals surface area (Å²) in [5.74, 6) is 1.13. The molecule has 1 atom stereocenters. The van der Waals surface area contributed by atoms with Crippen molar-refractivity contribution in [1.82, 2.24) is 9.88 Å². The molecule has 0 radical (unpaired) electrons. The Morgan fingerprint density at radius 3 is 2.42 bits per heavy atom. The SMILES string of the molecule is CC(=O)N1CCN(c2ccc([C@H](C)N)c(C)n2)CC1. The molecule has 0 bridgehead atoms. The van der Waals surface area contributed by atoms with E-state index in [1.165, 1.54) is 0 Å². The minimum Gasteiger partial charge on any atom is -0.353 e. The average molecular weight is 262 g/mol. The molecule has 1 amide bonds. The number of amides is 1. The van der Waals surface area contributed by atoms with E-state index < -0.39 is 0 Å². The molecule has 1 aromatic rings. The second kappa shape index (κ2) is 5.57. The molecule has 0 unspecified atom stereocenters. The third-order valence-corrected chi connectivity index (χ3v) is 3.65. The monoisotopic (exact) mass is 262 g/mol. The molecule has 0 spiro atoms. The van der Waals surface area contributed by atoms with Gasteiger partial charge in [-0.05, 0) is 25.5 Å². The maximum Gasteiger partial charge on any atom is 0.219 e. The lowest BCUT2D eigenvalue weighted by molar-refractivity contribution is -0.129. The Morgan fingerprint density at radius 2 is 1.95 bits per heavy atom. The van der Waals surface area contributed by atoms with Crippen molar-refractivity contribution >= 4 is 11.7 Å². The minimum atomic E-state index is 0.0103. The van der Waals surface area contributed by atoms with Gasteiger partial charge in [-0.25, -0.2) is 4.98 Å². The van der Waals surface area contributed by atoms with Crippen LogP contribution < -0.4 is 10.6 Å². The third-order valence-electron chi connectivity index (χ3n) is 3.65. The van der Waals surface area contributed by atoms with E-state index in [-0.39, 0.29) is 11.9 Å². The van der Waals surface area contributed by atoms with E-state index in [1.807, 2.05) is 24.8 Å². The Hall–Kier alpha value is -1.62. The summed E-state index contributed by atoms with van der Waals surface area (Å²) in [5, 5.41) is 0. The number of aryl methyl sites for hydroxylation is 1. The highest BCUT2D eigenvalue weighted by Crippen LogP contribution is 2.19. The second-order valence-electron chi connectivity index (χ2n) is 5.13. The summed E-state index contributed by atoms with van der Waals surface area (Å²) in [5.41, 5.74) is 7.97. The van der Waals surface area contributed by atoms with E-state index in [0.29, 0.717) is 0 Å². The molecule has 5 heteroatoms. The molecule has 1 aromatic heterocycles. The first kappa shape index (κ1) is 13.8. The van der Waals surface area contributed by atoms with Gasteiger partial charge in [0.25, 0.3) is 0 Å². The lowest BCUT2D eigenvalue weighted by atomic mass is 10.1. The van der Waals surface area contributed by atoms with E-state index in [9.17, 15) is 4.79 Å². The Kier molecular flexibility index (Phi) is 4.04. The fourth-order valence-electron chi connectivity index (χ4n) is 2.47. The number of hydrogen-bond acceptors (Lipinski definition) is 4. The van der Waals surface area contributed by atoms with Gasteiger partial charge in [0, 0.05) is 44.8 Å². The molecule has 5 nitrogen and oxygen atoms in total. The zero-order valence-electron chi connectivity index (χ0n) is 11.9. The number of hydrogen-bond donors (Lipinski definition) is 1. The highest BCUT2D eigenvalue weighted by atomic mass is 16.2. The highest BCUT2D eigenvalue weighted by molar-refractivity contribution is 5.73. The van der Waals surface area contributed by atoms with E-state index >= 15 is 0 Å². The molecule has 1 aliphatic rings. The van der Waals surface area contributed by atoms with Crippen LogP contribution in [0.3, 0.4) is 0 Å². The zero-order chi connectivity index (χ0) is 14.0. The molecule has 0 aliphatic carbocycles. The predicted molar refractivity (Wildman–Crippen MR) is 76.0 cm³/mol. The van der Waals surface area contributed by atoms with Crippen LogP contribution in [0, 0.1) is 6.92 Å². The van der Waals surface area contributed by atoms with Gasteiger partial charge in [-0.2, -0.15) is 0 Å². The number of aromatic nitrogens is 1. The molecule has 19 heavy (non-hydrogen) atoms. The molecule has 1 saturated heterocycles. The minimum absolute atomic E-state index is 0.0103. The van der Waals surface area contributed by atoms with Crippen LogP contribution in [0.1, 0.15) is 31.1 Å². The Morgan fingerprint density at radius 1 is 1.32 bits per heavy atom. The van der Waals surface area contributed by atoms with Crippen molar-refractivity contribution < 1.29 is 4.79 Å². The van der Waals surface area contributed by atoms with E-state index in [0.717, 1.165) is 43.3 Å². The molecule has 2 N–H and O–H groups in total. The molecule has 0 aromatic carbocycles. The Balaban J connectivity index is 2.08. The van der Waals surface area contributed by atoms with Gasteiger partial charge in [-0.15, -0.1) is 0 Å². The number of anilines is 1. The Labute approximate surface area is 114 Å². The van der Waals surface area contributed by atoms with Crippen LogP contribution in [0.5, 0.6) is 0 Å². The van der Waals surface area contributed by atoms with Crippen molar-refractivity contribution in [3.8, 4) is 0 Å². The van der Waals surface area contributed by atoms with Crippen molar-refractivity contribution in [3.05, 3.63) is 23.4 Å². The van der Waals surface area contributed by atoms with Crippen molar-refractivity contribution in [2.75, 3.05) is 31.1 Å². The van der Waals surface area contributed by atoms with Crippen LogP contribution in [0.15, 0.2) is 12.1 Å². The summed E-state index contributed by atoms with van der Waals surface area (Å²) >= 11 is 0. The average Bonchev–Trinajstić information content (AvgIpc) is 2.38. The summed E-state index contributed by atoms with van der Waals surface area (Å²) in [6, 6.07) is 4.09. The second-order valence-corrected chi connectivity index (χ2v) is 5.13. The van der Waals surface area contributed by atoms with Crippen molar-refractivity contribution in [1.29, 1.82) is 0 Å². The standard InChI is InChI=1S/C14H22N4O/c1-10(15)13-4-5-14(16-11(13)2)18-8-6-17(7-9-18)12(3)19/h4-5,10H,6-9,15H2,1-3H3/t10-/m0/s1. The zero-order valence-corrected chi connectivity index (χ0v) is 11.9. The number of carbonyl (C=O) groups excluding carboxylic acids is 1. The lowest BCUT2D eigenvalue weighted by Gasteiger charge is -2.35. The van der Waals surface area contributed by atoms with Crippen LogP contribution in [-0.4, -0.2) is 42.0 Å². The summed E-state index contributed by atoms with van der Waals surface area (Å²) in [6.07, 6.45) is 0. The molecule has 1 fully saturated rings. The van der Waals surface area contributed by atoms with Crippen LogP contribution in [0.4, 0.5) is 5.82 Å². The lowest BCUT2D eigenvalue weighted by Crippen LogP contribution is -2.48. The van der Waals surface area contributed by atoms with E-state index in [1.54, 1.807) is 6.92 Å². The molecular formula is C14H22N4O. The normalized spacial score (nSPS) is 17.5. The first-order valence-corrected chi connectivity index (χ1v) is 6.72. The van der Waals surface area contributed by atoms with Gasteiger partial charge < -0.3 is 15.5 Å². The maximum absolute atomic E-state index is 11.3. The Bertz CT molecular complexity index is 465. The van der Waals surface area contributed by atoms with Gasteiger partial charge in [0.05, 0.1) is 0 Å². The smallest absolute Gasteiger partial charge is 0.219 e. The van der Waals surface area contributed by atoms with Gasteiger partial charge in [-0.3, -0.25) is 4.79 Å². The molecular weight excluding hydrogens is 240 g/mol. The first-order chi connectivity index (χ1) is 8.99. The van der Waals surface area contributed by atoms with Crippen molar-refractivity contribution in [3.63, 3.8) is 0 Å². The predicted octanol–water partition coefficient (Wildman–Crippen LogP) is 1.08. The molecule has 1 aliphatic heterocycles. The fraction of sp³-hybridized carbons (Fsp3) is 0.571. The number of piperazine rings is 1. The maximum atomic E-state index is 11.3. The molecule has 0 saturated carbocycles. The van der Waals surface area contributed by atoms with Gasteiger partial charge >= 0.3 is 0 Å². The van der Waals surface area contributed by atoms with Crippen LogP contribution in [0.2, 0.25) is 0 Å². The van der Waals surface area contributed by atoms with Crippen LogP contribution in [-0.2, 0) is 4.79 Å². The van der Waals surface area contributed by atoms with Crippen molar-refractivity contribution in [2.45, 2.75) is 26.8 Å². The summed E-state index contributed by atoms with van der Waals surface area (Å²) in [6.45, 7) is 8.79. The summed E-state index contributed by atoms with van der Waals surface area (Å²) < 4.78 is 0. The quantitative estimate of drug-likeness (QED) is 0.866. The van der Waals surface area contributed by atoms with Crippen LogP contribution >= 0.6 is 0 Å². The number of rotatable bonds is 2. The first-order valence-electron chi connectivity index (χ1n) is 6.72. The van der Waals surface area contributed by atoms with Gasteiger partial charge in [0.2, 0.25) is 5.91 Å². The number of nitrogens with two attached hydrogens (primary N) is 1. The van der Waals surface area contributed by atoms with Crippen LogP contribution in [0.25, 0.3) is 0 Å².